The molecule has 6 heteroatoms. The maximum atomic E-state index is 12.7. The van der Waals surface area contributed by atoms with Crippen molar-refractivity contribution in [3.05, 3.63) is 34.0 Å². The summed E-state index contributed by atoms with van der Waals surface area (Å²) < 4.78 is 17.0. The van der Waals surface area contributed by atoms with Gasteiger partial charge < -0.3 is 15.5 Å². The molecule has 1 rings (SSSR count). The summed E-state index contributed by atoms with van der Waals surface area (Å²) in [4.78, 5) is 24.2. The number of ether oxygens (including phenoxy) is 1. The molecule has 0 saturated heterocycles. The van der Waals surface area contributed by atoms with E-state index in [9.17, 15) is 14.0 Å². The highest BCUT2D eigenvalue weighted by Gasteiger charge is 2.19. The molecule has 0 aliphatic carbocycles. The van der Waals surface area contributed by atoms with Crippen LogP contribution in [0.1, 0.15) is 11.6 Å². The number of esters is 1. The number of carbonyl (C=O) groups is 1. The number of methoxy groups -OCH3 is 1. The SMILES string of the molecule is COC(=O)C(N)c1cc(F)c[nH]c1=O. The number of carbonyl (C=O) groups excluding carboxylic acids is 1. The van der Waals surface area contributed by atoms with Crippen LogP contribution in [-0.4, -0.2) is 18.1 Å². The molecule has 3 N–H and O–H groups in total. The van der Waals surface area contributed by atoms with Crippen molar-refractivity contribution in [3.8, 4) is 0 Å². The lowest BCUT2D eigenvalue weighted by Gasteiger charge is -2.07. The lowest BCUT2D eigenvalue weighted by Crippen LogP contribution is -2.29. The molecule has 1 atom stereocenters. The van der Waals surface area contributed by atoms with Crippen molar-refractivity contribution >= 4 is 5.97 Å². The molecular formula is C8H9FN2O3. The van der Waals surface area contributed by atoms with Crippen LogP contribution in [0.25, 0.3) is 0 Å². The van der Waals surface area contributed by atoms with Gasteiger partial charge in [-0.2, -0.15) is 0 Å². The third-order valence-electron chi connectivity index (χ3n) is 1.69. The summed E-state index contributed by atoms with van der Waals surface area (Å²) >= 11 is 0. The minimum atomic E-state index is -1.26. The minimum Gasteiger partial charge on any atom is -0.468 e. The fourth-order valence-corrected chi connectivity index (χ4v) is 0.959. The lowest BCUT2D eigenvalue weighted by molar-refractivity contribution is -0.142. The van der Waals surface area contributed by atoms with Crippen LogP contribution < -0.4 is 11.3 Å². The number of aromatic amines is 1. The van der Waals surface area contributed by atoms with Crippen molar-refractivity contribution < 1.29 is 13.9 Å². The Hall–Kier alpha value is -1.69. The number of aromatic nitrogens is 1. The number of H-pyrrole nitrogens is 1. The van der Waals surface area contributed by atoms with Gasteiger partial charge in [0.1, 0.15) is 11.9 Å². The van der Waals surface area contributed by atoms with E-state index in [0.29, 0.717) is 0 Å². The van der Waals surface area contributed by atoms with Crippen LogP contribution in [0.3, 0.4) is 0 Å². The van der Waals surface area contributed by atoms with E-state index in [2.05, 4.69) is 9.72 Å². The monoisotopic (exact) mass is 200 g/mol. The number of nitrogens with two attached hydrogens (primary N) is 1. The van der Waals surface area contributed by atoms with Gasteiger partial charge in [0.25, 0.3) is 5.56 Å². The number of nitrogens with one attached hydrogen (secondary N) is 1. The zero-order valence-electron chi connectivity index (χ0n) is 7.41. The summed E-state index contributed by atoms with van der Waals surface area (Å²) in [6.07, 6.45) is 0.885. The third kappa shape index (κ3) is 1.97. The highest BCUT2D eigenvalue weighted by Crippen LogP contribution is 2.07. The van der Waals surface area contributed by atoms with Crippen molar-refractivity contribution in [3.63, 3.8) is 0 Å². The van der Waals surface area contributed by atoms with Crippen molar-refractivity contribution in [2.45, 2.75) is 6.04 Å². The van der Waals surface area contributed by atoms with Gasteiger partial charge in [-0.3, -0.25) is 9.59 Å². The van der Waals surface area contributed by atoms with Gasteiger partial charge in [-0.05, 0) is 6.07 Å². The van der Waals surface area contributed by atoms with Gasteiger partial charge in [0.2, 0.25) is 0 Å². The molecule has 0 radical (unpaired) electrons. The molecule has 1 aromatic heterocycles. The van der Waals surface area contributed by atoms with Crippen molar-refractivity contribution in [1.82, 2.24) is 4.98 Å². The van der Waals surface area contributed by atoms with E-state index < -0.39 is 23.4 Å². The van der Waals surface area contributed by atoms with Crippen LogP contribution in [-0.2, 0) is 9.53 Å². The first-order valence-electron chi connectivity index (χ1n) is 3.77. The second kappa shape index (κ2) is 4.01. The van der Waals surface area contributed by atoms with Crippen LogP contribution in [0.15, 0.2) is 17.1 Å². The minimum absolute atomic E-state index is 0.156. The Labute approximate surface area is 78.7 Å². The molecular weight excluding hydrogens is 191 g/mol. The van der Waals surface area contributed by atoms with Gasteiger partial charge in [-0.1, -0.05) is 0 Å². The van der Waals surface area contributed by atoms with Gasteiger partial charge >= 0.3 is 5.97 Å². The maximum Gasteiger partial charge on any atom is 0.327 e. The number of rotatable bonds is 2. The zero-order valence-corrected chi connectivity index (χ0v) is 7.41. The van der Waals surface area contributed by atoms with Gasteiger partial charge in [-0.15, -0.1) is 0 Å². The summed E-state index contributed by atoms with van der Waals surface area (Å²) in [5.74, 6) is -1.46. The van der Waals surface area contributed by atoms with Crippen LogP contribution in [0.4, 0.5) is 4.39 Å². The fraction of sp³-hybridized carbons (Fsp3) is 0.250. The third-order valence-corrected chi connectivity index (χ3v) is 1.69. The Morgan fingerprint density at radius 1 is 1.71 bits per heavy atom. The second-order valence-electron chi connectivity index (χ2n) is 2.60. The number of hydrogen-bond donors (Lipinski definition) is 2. The van der Waals surface area contributed by atoms with E-state index in [4.69, 9.17) is 5.73 Å². The Kier molecular flexibility index (Phi) is 2.98. The molecule has 0 spiro atoms. The van der Waals surface area contributed by atoms with Crippen molar-refractivity contribution in [1.29, 1.82) is 0 Å². The molecule has 0 aliphatic rings. The maximum absolute atomic E-state index is 12.7. The molecule has 0 amide bonds. The normalized spacial score (nSPS) is 12.2. The Morgan fingerprint density at radius 2 is 2.36 bits per heavy atom. The summed E-state index contributed by atoms with van der Waals surface area (Å²) in [7, 11) is 1.13. The molecule has 1 aromatic rings. The number of hydrogen-bond acceptors (Lipinski definition) is 4. The van der Waals surface area contributed by atoms with Gasteiger partial charge in [-0.25, -0.2) is 4.39 Å². The van der Waals surface area contributed by atoms with Gasteiger partial charge in [0.15, 0.2) is 0 Å². The van der Waals surface area contributed by atoms with E-state index >= 15 is 0 Å². The first kappa shape index (κ1) is 10.4. The molecule has 0 fully saturated rings. The first-order valence-corrected chi connectivity index (χ1v) is 3.77. The molecule has 0 aliphatic heterocycles. The van der Waals surface area contributed by atoms with Crippen molar-refractivity contribution in [2.75, 3.05) is 7.11 Å². The van der Waals surface area contributed by atoms with E-state index in [1.807, 2.05) is 0 Å². The average Bonchev–Trinajstić information content (AvgIpc) is 2.19. The van der Waals surface area contributed by atoms with E-state index in [-0.39, 0.29) is 5.56 Å². The quantitative estimate of drug-likeness (QED) is 0.641. The highest BCUT2D eigenvalue weighted by molar-refractivity contribution is 5.76. The summed E-state index contributed by atoms with van der Waals surface area (Å²) in [6.45, 7) is 0. The zero-order chi connectivity index (χ0) is 10.7. The Bertz CT molecular complexity index is 402. The van der Waals surface area contributed by atoms with Gasteiger partial charge in [0.05, 0.1) is 7.11 Å². The van der Waals surface area contributed by atoms with E-state index in [1.165, 1.54) is 0 Å². The van der Waals surface area contributed by atoms with E-state index in [1.54, 1.807) is 0 Å². The molecule has 0 saturated carbocycles. The molecule has 0 aromatic carbocycles. The summed E-state index contributed by atoms with van der Waals surface area (Å²) in [5.41, 5.74) is 4.59. The molecule has 5 nitrogen and oxygen atoms in total. The van der Waals surface area contributed by atoms with E-state index in [0.717, 1.165) is 19.4 Å². The molecule has 14 heavy (non-hydrogen) atoms. The lowest BCUT2D eigenvalue weighted by atomic mass is 10.1. The summed E-state index contributed by atoms with van der Waals surface area (Å²) in [5, 5.41) is 0. The van der Waals surface area contributed by atoms with Crippen LogP contribution >= 0.6 is 0 Å². The Morgan fingerprint density at radius 3 is 2.93 bits per heavy atom. The van der Waals surface area contributed by atoms with Gasteiger partial charge in [0, 0.05) is 11.8 Å². The smallest absolute Gasteiger partial charge is 0.327 e. The highest BCUT2D eigenvalue weighted by atomic mass is 19.1. The molecule has 76 valence electrons. The van der Waals surface area contributed by atoms with Crippen LogP contribution in [0.5, 0.6) is 0 Å². The predicted octanol–water partition coefficient (Wildman–Crippen LogP) is -0.313. The molecule has 1 heterocycles. The second-order valence-corrected chi connectivity index (χ2v) is 2.60. The van der Waals surface area contributed by atoms with Crippen LogP contribution in [0.2, 0.25) is 0 Å². The standard InChI is InChI=1S/C8H9FN2O3/c1-14-8(13)6(10)5-2-4(9)3-11-7(5)12/h2-3,6H,10H2,1H3,(H,11,12). The molecule has 0 bridgehead atoms. The number of halogens is 1. The first-order chi connectivity index (χ1) is 6.56. The number of pyridine rings is 1. The predicted molar refractivity (Wildman–Crippen MR) is 46.0 cm³/mol. The fourth-order valence-electron chi connectivity index (χ4n) is 0.959. The Balaban J connectivity index is 3.12. The average molecular weight is 200 g/mol. The topological polar surface area (TPSA) is 85.2 Å². The summed E-state index contributed by atoms with van der Waals surface area (Å²) in [6, 6.07) is -0.361. The largest absolute Gasteiger partial charge is 0.468 e. The van der Waals surface area contributed by atoms with Crippen molar-refractivity contribution in [2.24, 2.45) is 5.73 Å². The molecule has 1 unspecified atom stereocenters. The van der Waals surface area contributed by atoms with Crippen LogP contribution in [0, 0.1) is 5.82 Å².